The summed E-state index contributed by atoms with van der Waals surface area (Å²) in [5, 5.41) is 0. The Balaban J connectivity index is 0.000000556. The second-order valence-electron chi connectivity index (χ2n) is 8.00. The molecule has 0 aliphatic carbocycles. The topological polar surface area (TPSA) is 11.3 Å². The molecule has 0 atom stereocenters. The Morgan fingerprint density at radius 2 is 0.972 bits per heavy atom. The van der Waals surface area contributed by atoms with E-state index in [-0.39, 0.29) is 0 Å². The molecule has 1 nitrogen and oxygen atoms in total. The van der Waals surface area contributed by atoms with Crippen LogP contribution in [-0.4, -0.2) is 0 Å². The summed E-state index contributed by atoms with van der Waals surface area (Å²) < 4.78 is 6.62. The van der Waals surface area contributed by atoms with Crippen molar-refractivity contribution >= 4 is 40.4 Å². The van der Waals surface area contributed by atoms with Gasteiger partial charge in [-0.25, -0.2) is 4.42 Å². The van der Waals surface area contributed by atoms with E-state index in [1.807, 2.05) is 30.3 Å². The van der Waals surface area contributed by atoms with Gasteiger partial charge < -0.3 is 0 Å². The molecule has 185 valence electrons. The van der Waals surface area contributed by atoms with E-state index in [0.717, 1.165) is 39.3 Å². The normalized spacial score (nSPS) is 11.4. The van der Waals surface area contributed by atoms with Crippen LogP contribution in [0.2, 0.25) is 0 Å². The molecular weight excluding hydrogens is 574 g/mol. The third kappa shape index (κ3) is 7.37. The number of rotatable bonds is 4. The first-order valence-corrected chi connectivity index (χ1v) is 17.2. The molecule has 0 aliphatic heterocycles. The van der Waals surface area contributed by atoms with Gasteiger partial charge in [0.25, 0.3) is 0 Å². The fourth-order valence-electron chi connectivity index (χ4n) is 3.91. The zero-order valence-electron chi connectivity index (χ0n) is 19.3. The summed E-state index contributed by atoms with van der Waals surface area (Å²) >= 11 is 0. The molecule has 0 bridgehead atoms. The van der Waals surface area contributed by atoms with Gasteiger partial charge in [0.05, 0.1) is 22.8 Å². The van der Waals surface area contributed by atoms with E-state index >= 15 is 0 Å². The van der Waals surface area contributed by atoms with Crippen LogP contribution in [0.1, 0.15) is 5.56 Å². The van der Waals surface area contributed by atoms with Gasteiger partial charge in [-0.3, -0.25) is 0 Å². The molecule has 0 radical (unpaired) electrons. The van der Waals surface area contributed by atoms with Gasteiger partial charge in [0.1, 0.15) is 0 Å². The molecule has 0 fully saturated rings. The van der Waals surface area contributed by atoms with Crippen molar-refractivity contribution in [1.29, 1.82) is 0 Å². The molecule has 36 heavy (non-hydrogen) atoms. The van der Waals surface area contributed by atoms with E-state index in [4.69, 9.17) is 44.8 Å². The van der Waals surface area contributed by atoms with Crippen LogP contribution < -0.4 is 0 Å². The van der Waals surface area contributed by atoms with E-state index in [1.54, 1.807) is 0 Å². The number of hydrogen-bond acceptors (Lipinski definition) is 0. The van der Waals surface area contributed by atoms with Crippen molar-refractivity contribution in [2.45, 2.75) is 6.92 Å². The van der Waals surface area contributed by atoms with Crippen LogP contribution in [0.3, 0.4) is 0 Å². The maximum absolute atomic E-state index is 6.62. The number of hydrogen-bond donors (Lipinski definition) is 0. The summed E-state index contributed by atoms with van der Waals surface area (Å²) in [5.74, 6) is 1.73. The van der Waals surface area contributed by atoms with Crippen molar-refractivity contribution in [3.8, 4) is 44.9 Å². The molecule has 0 saturated heterocycles. The monoisotopic (exact) mass is 595 g/mol. The van der Waals surface area contributed by atoms with Crippen molar-refractivity contribution in [2.75, 3.05) is 0 Å². The Hall–Kier alpha value is -2.29. The molecule has 1 aromatic heterocycles. The summed E-state index contributed by atoms with van der Waals surface area (Å²) in [7, 11) is 17.2. The van der Waals surface area contributed by atoms with Crippen LogP contribution in [-0.2, 0) is 9.20 Å². The Bertz CT molecular complexity index is 1400. The van der Waals surface area contributed by atoms with Crippen LogP contribution in [0.25, 0.3) is 44.9 Å². The van der Waals surface area contributed by atoms with Crippen molar-refractivity contribution in [1.82, 2.24) is 0 Å². The van der Waals surface area contributed by atoms with Gasteiger partial charge in [0.2, 0.25) is 0 Å². The molecule has 0 unspecified atom stereocenters. The molecule has 5 rings (SSSR count). The SMILES string of the molecule is Cc1ccc(-c2cc(-c3ccccc3)[o+]c(-c3ccccc3)c2-c2ccccc2)cc1.[Cl][Fe-]([Cl])([Cl])[Cl]. The van der Waals surface area contributed by atoms with Gasteiger partial charge in [0.15, 0.2) is 0 Å². The Morgan fingerprint density at radius 1 is 0.528 bits per heavy atom. The van der Waals surface area contributed by atoms with E-state index in [9.17, 15) is 0 Å². The molecule has 0 aliphatic rings. The summed E-state index contributed by atoms with van der Waals surface area (Å²) in [4.78, 5) is 0. The van der Waals surface area contributed by atoms with Gasteiger partial charge >= 0.3 is 61.1 Å². The second-order valence-corrected chi connectivity index (χ2v) is 18.9. The zero-order valence-corrected chi connectivity index (χ0v) is 23.4. The summed E-state index contributed by atoms with van der Waals surface area (Å²) in [6, 6.07) is 42.1. The molecule has 5 aromatic rings. The Kier molecular flexibility index (Phi) is 9.14. The van der Waals surface area contributed by atoms with Crippen molar-refractivity contribution < 1.29 is 13.6 Å². The minimum absolute atomic E-state index is 0.856. The van der Waals surface area contributed by atoms with Crippen molar-refractivity contribution in [3.05, 3.63) is 127 Å². The molecule has 0 amide bonds. The first-order valence-electron chi connectivity index (χ1n) is 11.1. The second kappa shape index (κ2) is 12.3. The number of halogens is 4. The standard InChI is InChI=1S/C30H23O.4ClH.Fe/c1-22-17-19-23(20-18-22)27-21-28(24-11-5-2-6-12-24)31-30(26-15-9-4-10-16-26)29(27)25-13-7-3-8-14-25;;;;;/h2-21H,1H3;4*1H;/q+1;;;;;+3/p-4. The molecule has 0 spiro atoms. The van der Waals surface area contributed by atoms with Crippen molar-refractivity contribution in [2.24, 2.45) is 0 Å². The molecule has 1 heterocycles. The average molecular weight is 597 g/mol. The van der Waals surface area contributed by atoms with Crippen LogP contribution >= 0.6 is 40.4 Å². The van der Waals surface area contributed by atoms with Gasteiger partial charge in [-0.2, -0.15) is 0 Å². The Morgan fingerprint density at radius 3 is 1.47 bits per heavy atom. The predicted octanol–water partition coefficient (Wildman–Crippen LogP) is 11.3. The first kappa shape index (κ1) is 26.8. The minimum atomic E-state index is -2.61. The number of aryl methyl sites for hydroxylation is 1. The third-order valence-corrected chi connectivity index (χ3v) is 5.50. The van der Waals surface area contributed by atoms with E-state index in [2.05, 4.69) is 97.9 Å². The first-order chi connectivity index (χ1) is 17.3. The summed E-state index contributed by atoms with van der Waals surface area (Å²) in [5.41, 5.74) is 7.96. The molecule has 4 aromatic carbocycles. The third-order valence-electron chi connectivity index (χ3n) is 5.50. The fraction of sp³-hybridized carbons (Fsp3) is 0.0333. The van der Waals surface area contributed by atoms with E-state index < -0.39 is 9.20 Å². The fourth-order valence-corrected chi connectivity index (χ4v) is 3.91. The Labute approximate surface area is 231 Å². The van der Waals surface area contributed by atoms with Gasteiger partial charge in [-0.1, -0.05) is 96.6 Å². The average Bonchev–Trinajstić information content (AvgIpc) is 2.89. The van der Waals surface area contributed by atoms with E-state index in [0.29, 0.717) is 0 Å². The summed E-state index contributed by atoms with van der Waals surface area (Å²) in [6.45, 7) is 2.12. The predicted molar refractivity (Wildman–Crippen MR) is 153 cm³/mol. The molecule has 0 N–H and O–H groups in total. The summed E-state index contributed by atoms with van der Waals surface area (Å²) in [6.07, 6.45) is 0. The number of benzene rings is 4. The van der Waals surface area contributed by atoms with E-state index in [1.165, 1.54) is 11.1 Å². The van der Waals surface area contributed by atoms with Crippen LogP contribution in [0.15, 0.2) is 126 Å². The molecule has 6 heteroatoms. The van der Waals surface area contributed by atoms with Gasteiger partial charge in [-0.05, 0) is 42.3 Å². The quantitative estimate of drug-likeness (QED) is 0.148. The van der Waals surface area contributed by atoms with Crippen LogP contribution in [0.5, 0.6) is 0 Å². The molecule has 0 saturated carbocycles. The van der Waals surface area contributed by atoms with Gasteiger partial charge in [0, 0.05) is 5.56 Å². The maximum atomic E-state index is 6.62. The van der Waals surface area contributed by atoms with Crippen LogP contribution in [0.4, 0.5) is 0 Å². The van der Waals surface area contributed by atoms with Crippen molar-refractivity contribution in [3.63, 3.8) is 0 Å². The van der Waals surface area contributed by atoms with Gasteiger partial charge in [-0.15, -0.1) is 0 Å². The van der Waals surface area contributed by atoms with Crippen LogP contribution in [0, 0.1) is 6.92 Å². The molecular formula is C30H23Cl4FeO. The zero-order chi connectivity index (χ0) is 25.5.